The van der Waals surface area contributed by atoms with E-state index in [1.54, 1.807) is 30.3 Å². The summed E-state index contributed by atoms with van der Waals surface area (Å²) in [6, 6.07) is 21.8. The van der Waals surface area contributed by atoms with Crippen molar-refractivity contribution in [1.82, 2.24) is 4.98 Å². The molecule has 0 aliphatic heterocycles. The number of nitrogens with one attached hydrogen (secondary N) is 1. The van der Waals surface area contributed by atoms with Crippen molar-refractivity contribution in [2.24, 2.45) is 0 Å². The minimum atomic E-state index is -0.229. The molecule has 4 rings (SSSR count). The molecule has 156 valence electrons. The van der Waals surface area contributed by atoms with Crippen LogP contribution < -0.4 is 15.8 Å². The van der Waals surface area contributed by atoms with E-state index in [9.17, 15) is 4.79 Å². The van der Waals surface area contributed by atoms with Crippen molar-refractivity contribution in [3.63, 3.8) is 0 Å². The van der Waals surface area contributed by atoms with Crippen molar-refractivity contribution in [2.45, 2.75) is 20.1 Å². The molecule has 0 unspecified atom stereocenters. The van der Waals surface area contributed by atoms with Gasteiger partial charge in [-0.2, -0.15) is 0 Å². The maximum Gasteiger partial charge on any atom is 0.256 e. The zero-order chi connectivity index (χ0) is 21.8. The van der Waals surface area contributed by atoms with E-state index < -0.39 is 0 Å². The molecule has 0 spiro atoms. The number of ether oxygens (including phenoxy) is 1. The van der Waals surface area contributed by atoms with E-state index in [0.717, 1.165) is 27.7 Å². The van der Waals surface area contributed by atoms with Crippen LogP contribution in [0.5, 0.6) is 5.75 Å². The Morgan fingerprint density at radius 3 is 2.61 bits per heavy atom. The Morgan fingerprint density at radius 1 is 1.06 bits per heavy atom. The van der Waals surface area contributed by atoms with E-state index in [1.165, 1.54) is 0 Å². The maximum absolute atomic E-state index is 13.0. The van der Waals surface area contributed by atoms with Crippen LogP contribution in [0.4, 0.5) is 11.4 Å². The molecular formula is C25H23N3O3. The van der Waals surface area contributed by atoms with Gasteiger partial charge in [-0.05, 0) is 55.0 Å². The summed E-state index contributed by atoms with van der Waals surface area (Å²) < 4.78 is 5.83. The number of nitrogens with zero attached hydrogens (tertiary/aromatic N) is 1. The quantitative estimate of drug-likeness (QED) is 0.434. The molecule has 1 heterocycles. The highest BCUT2D eigenvalue weighted by Gasteiger charge is 2.13. The molecule has 0 radical (unpaired) electrons. The van der Waals surface area contributed by atoms with E-state index in [-0.39, 0.29) is 19.1 Å². The predicted molar refractivity (Wildman–Crippen MR) is 122 cm³/mol. The normalized spacial score (nSPS) is 10.8. The first-order valence-electron chi connectivity index (χ1n) is 9.92. The molecule has 4 aromatic rings. The first-order chi connectivity index (χ1) is 15.0. The number of rotatable bonds is 6. The number of nitrogens with two attached hydrogens (primary N) is 1. The topological polar surface area (TPSA) is 97.5 Å². The van der Waals surface area contributed by atoms with Crippen LogP contribution in [-0.2, 0) is 13.2 Å². The Morgan fingerprint density at radius 2 is 1.84 bits per heavy atom. The van der Waals surface area contributed by atoms with Gasteiger partial charge in [0, 0.05) is 33.6 Å². The second-order valence-corrected chi connectivity index (χ2v) is 7.29. The first-order valence-corrected chi connectivity index (χ1v) is 9.92. The molecule has 0 saturated heterocycles. The van der Waals surface area contributed by atoms with Gasteiger partial charge in [-0.3, -0.25) is 9.78 Å². The lowest BCUT2D eigenvalue weighted by molar-refractivity contribution is 0.102. The Hall–Kier alpha value is -3.90. The number of anilines is 2. The average molecular weight is 413 g/mol. The van der Waals surface area contributed by atoms with Crippen molar-refractivity contribution in [2.75, 3.05) is 11.1 Å². The van der Waals surface area contributed by atoms with Crippen LogP contribution in [0.3, 0.4) is 0 Å². The maximum atomic E-state index is 13.0. The van der Waals surface area contributed by atoms with Gasteiger partial charge in [0.15, 0.2) is 0 Å². The van der Waals surface area contributed by atoms with Gasteiger partial charge in [-0.15, -0.1) is 0 Å². The second kappa shape index (κ2) is 8.85. The summed E-state index contributed by atoms with van der Waals surface area (Å²) in [5.74, 6) is 0.438. The number of amides is 1. The van der Waals surface area contributed by atoms with Crippen molar-refractivity contribution >= 4 is 28.2 Å². The summed E-state index contributed by atoms with van der Waals surface area (Å²) in [6.45, 7) is 2.13. The Balaban J connectivity index is 1.51. The van der Waals surface area contributed by atoms with Crippen molar-refractivity contribution in [1.29, 1.82) is 0 Å². The Labute approximate surface area is 180 Å². The lowest BCUT2D eigenvalue weighted by atomic mass is 10.1. The number of hydrogen-bond acceptors (Lipinski definition) is 5. The molecule has 31 heavy (non-hydrogen) atoms. The third-order valence-corrected chi connectivity index (χ3v) is 4.99. The summed E-state index contributed by atoms with van der Waals surface area (Å²) in [5.41, 5.74) is 11.1. The smallest absolute Gasteiger partial charge is 0.256 e. The molecule has 1 aromatic heterocycles. The van der Waals surface area contributed by atoms with Gasteiger partial charge < -0.3 is 20.9 Å². The van der Waals surface area contributed by atoms with Crippen LogP contribution in [0.25, 0.3) is 10.9 Å². The molecule has 0 fully saturated rings. The summed E-state index contributed by atoms with van der Waals surface area (Å²) in [6.07, 6.45) is 0. The van der Waals surface area contributed by atoms with Gasteiger partial charge in [0.05, 0.1) is 12.1 Å². The van der Waals surface area contributed by atoms with Gasteiger partial charge >= 0.3 is 0 Å². The van der Waals surface area contributed by atoms with Crippen LogP contribution in [-0.4, -0.2) is 16.0 Å². The molecule has 6 nitrogen and oxygen atoms in total. The molecule has 4 N–H and O–H groups in total. The number of aromatic nitrogens is 1. The fourth-order valence-electron chi connectivity index (χ4n) is 3.39. The number of aliphatic hydroxyl groups excluding tert-OH is 1. The number of hydrogen-bond donors (Lipinski definition) is 3. The van der Waals surface area contributed by atoms with Crippen LogP contribution >= 0.6 is 0 Å². The lowest BCUT2D eigenvalue weighted by Crippen LogP contribution is -2.15. The summed E-state index contributed by atoms with van der Waals surface area (Å²) in [4.78, 5) is 17.4. The van der Waals surface area contributed by atoms with Gasteiger partial charge in [0.1, 0.15) is 12.4 Å². The molecule has 0 aliphatic carbocycles. The molecule has 0 saturated carbocycles. The highest BCUT2D eigenvalue weighted by molar-refractivity contribution is 6.06. The number of benzene rings is 3. The summed E-state index contributed by atoms with van der Waals surface area (Å²) >= 11 is 0. The molecule has 0 bridgehead atoms. The zero-order valence-corrected chi connectivity index (χ0v) is 17.1. The SMILES string of the molecule is Cc1cc(N)c2cc(NC(=O)c3ccccc3COc3ccc(CO)cc3)ccc2n1. The highest BCUT2D eigenvalue weighted by Crippen LogP contribution is 2.25. The van der Waals surface area contributed by atoms with Crippen LogP contribution in [0, 0.1) is 6.92 Å². The largest absolute Gasteiger partial charge is 0.489 e. The molecule has 0 atom stereocenters. The Bertz CT molecular complexity index is 1240. The summed E-state index contributed by atoms with van der Waals surface area (Å²) in [7, 11) is 0. The van der Waals surface area contributed by atoms with Gasteiger partial charge in [0.2, 0.25) is 0 Å². The number of pyridine rings is 1. The van der Waals surface area contributed by atoms with Crippen molar-refractivity contribution in [3.8, 4) is 5.75 Å². The number of fused-ring (bicyclic) bond motifs is 1. The fourth-order valence-corrected chi connectivity index (χ4v) is 3.39. The number of carbonyl (C=O) groups is 1. The van der Waals surface area contributed by atoms with Crippen LogP contribution in [0.1, 0.15) is 27.2 Å². The number of carbonyl (C=O) groups excluding carboxylic acids is 1. The minimum Gasteiger partial charge on any atom is -0.489 e. The lowest BCUT2D eigenvalue weighted by Gasteiger charge is -2.12. The third kappa shape index (κ3) is 4.65. The molecule has 6 heteroatoms. The van der Waals surface area contributed by atoms with Crippen molar-refractivity contribution in [3.05, 3.63) is 95.2 Å². The van der Waals surface area contributed by atoms with E-state index in [4.69, 9.17) is 15.6 Å². The minimum absolute atomic E-state index is 0.0145. The zero-order valence-electron chi connectivity index (χ0n) is 17.1. The number of nitrogen functional groups attached to an aromatic ring is 1. The predicted octanol–water partition coefficient (Wildman–Crippen LogP) is 4.45. The number of aliphatic hydroxyl groups is 1. The summed E-state index contributed by atoms with van der Waals surface area (Å²) in [5, 5.41) is 12.9. The molecular weight excluding hydrogens is 390 g/mol. The van der Waals surface area contributed by atoms with Crippen LogP contribution in [0.15, 0.2) is 72.8 Å². The van der Waals surface area contributed by atoms with Gasteiger partial charge in [-0.25, -0.2) is 0 Å². The van der Waals surface area contributed by atoms with Crippen LogP contribution in [0.2, 0.25) is 0 Å². The number of aryl methyl sites for hydroxylation is 1. The van der Waals surface area contributed by atoms with Gasteiger partial charge in [-0.1, -0.05) is 30.3 Å². The fraction of sp³-hybridized carbons (Fsp3) is 0.120. The molecule has 0 aliphatic rings. The second-order valence-electron chi connectivity index (χ2n) is 7.29. The highest BCUT2D eigenvalue weighted by atomic mass is 16.5. The van der Waals surface area contributed by atoms with E-state index in [1.807, 2.05) is 49.4 Å². The van der Waals surface area contributed by atoms with E-state index in [0.29, 0.717) is 22.7 Å². The Kier molecular flexibility index (Phi) is 5.82. The molecule has 3 aromatic carbocycles. The standard InChI is InChI=1S/C25H23N3O3/c1-16-12-23(26)22-13-19(8-11-24(22)27-16)28-25(30)21-5-3-2-4-18(21)15-31-20-9-6-17(14-29)7-10-20/h2-13,29H,14-15H2,1H3,(H2,26,27)(H,28,30). The average Bonchev–Trinajstić information content (AvgIpc) is 2.78. The van der Waals surface area contributed by atoms with E-state index in [2.05, 4.69) is 10.3 Å². The first kappa shape index (κ1) is 20.4. The monoisotopic (exact) mass is 413 g/mol. The third-order valence-electron chi connectivity index (χ3n) is 4.99. The van der Waals surface area contributed by atoms with E-state index >= 15 is 0 Å². The molecule has 1 amide bonds. The van der Waals surface area contributed by atoms with Crippen molar-refractivity contribution < 1.29 is 14.6 Å². The van der Waals surface area contributed by atoms with Gasteiger partial charge in [0.25, 0.3) is 5.91 Å².